The van der Waals surface area contributed by atoms with E-state index in [4.69, 9.17) is 4.74 Å². The molecule has 114 valence electrons. The average Bonchev–Trinajstić information content (AvgIpc) is 3.11. The van der Waals surface area contributed by atoms with Gasteiger partial charge < -0.3 is 10.1 Å². The number of ether oxygens (including phenoxy) is 1. The molecule has 1 unspecified atom stereocenters. The maximum atomic E-state index is 12.4. The van der Waals surface area contributed by atoms with Gasteiger partial charge in [-0.05, 0) is 25.7 Å². The van der Waals surface area contributed by atoms with Gasteiger partial charge in [-0.3, -0.25) is 0 Å². The first kappa shape index (κ1) is 16.9. The number of hydrogen-bond donors (Lipinski definition) is 1. The van der Waals surface area contributed by atoms with Crippen molar-refractivity contribution in [3.8, 4) is 0 Å². The molecule has 1 saturated carbocycles. The van der Waals surface area contributed by atoms with E-state index in [1.54, 1.807) is 11.4 Å². The first-order chi connectivity index (χ1) is 8.88. The topological polar surface area (TPSA) is 58.6 Å². The Balaban J connectivity index is 2.59. The lowest BCUT2D eigenvalue weighted by molar-refractivity contribution is 0.164. The van der Waals surface area contributed by atoms with Gasteiger partial charge in [-0.1, -0.05) is 13.8 Å². The predicted octanol–water partition coefficient (Wildman–Crippen LogP) is 1.06. The fourth-order valence-electron chi connectivity index (χ4n) is 2.18. The van der Waals surface area contributed by atoms with Gasteiger partial charge >= 0.3 is 0 Å². The number of nitrogens with zero attached hydrogens (tertiary/aromatic N) is 1. The van der Waals surface area contributed by atoms with Crippen molar-refractivity contribution in [1.29, 1.82) is 0 Å². The minimum absolute atomic E-state index is 0.0965. The van der Waals surface area contributed by atoms with E-state index in [0.717, 1.165) is 12.8 Å². The first-order valence-corrected chi connectivity index (χ1v) is 8.71. The molecule has 1 N–H and O–H groups in total. The molecule has 0 amide bonds. The number of nitrogens with one attached hydrogen (secondary N) is 1. The zero-order chi connectivity index (χ0) is 14.5. The summed E-state index contributed by atoms with van der Waals surface area (Å²) in [6, 6.07) is 0.405. The van der Waals surface area contributed by atoms with Crippen molar-refractivity contribution in [2.75, 3.05) is 32.6 Å². The lowest BCUT2D eigenvalue weighted by Crippen LogP contribution is -2.45. The third kappa shape index (κ3) is 5.77. The van der Waals surface area contributed by atoms with Crippen molar-refractivity contribution < 1.29 is 13.2 Å². The molecule has 19 heavy (non-hydrogen) atoms. The van der Waals surface area contributed by atoms with Crippen LogP contribution in [0.25, 0.3) is 0 Å². The lowest BCUT2D eigenvalue weighted by atomic mass is 10.2. The molecule has 0 heterocycles. The van der Waals surface area contributed by atoms with E-state index in [0.29, 0.717) is 31.7 Å². The molecule has 0 aromatic carbocycles. The van der Waals surface area contributed by atoms with Gasteiger partial charge in [0.15, 0.2) is 0 Å². The summed E-state index contributed by atoms with van der Waals surface area (Å²) in [5.74, 6) is 0.691. The van der Waals surface area contributed by atoms with Gasteiger partial charge in [0, 0.05) is 32.3 Å². The molecule has 1 rings (SSSR count). The molecule has 1 aliphatic rings. The summed E-state index contributed by atoms with van der Waals surface area (Å²) in [6.45, 7) is 7.46. The molecule has 0 aromatic heterocycles. The van der Waals surface area contributed by atoms with Crippen molar-refractivity contribution in [1.82, 2.24) is 9.62 Å². The summed E-state index contributed by atoms with van der Waals surface area (Å²) >= 11 is 0. The van der Waals surface area contributed by atoms with Gasteiger partial charge in [-0.25, -0.2) is 8.42 Å². The summed E-state index contributed by atoms with van der Waals surface area (Å²) in [7, 11) is -1.60. The highest BCUT2D eigenvalue weighted by atomic mass is 32.2. The molecule has 0 spiro atoms. The Morgan fingerprint density at radius 2 is 1.95 bits per heavy atom. The third-order valence-electron chi connectivity index (χ3n) is 3.54. The molecule has 0 aromatic rings. The van der Waals surface area contributed by atoms with E-state index in [1.807, 2.05) is 20.8 Å². The normalized spacial score (nSPS) is 18.2. The fraction of sp³-hybridized carbons (Fsp3) is 1.00. The Labute approximate surface area is 117 Å². The molecular formula is C13H28N2O3S. The molecule has 6 heteroatoms. The van der Waals surface area contributed by atoms with E-state index in [-0.39, 0.29) is 11.8 Å². The smallest absolute Gasteiger partial charge is 0.215 e. The summed E-state index contributed by atoms with van der Waals surface area (Å²) < 4.78 is 31.5. The standard InChI is InChI=1S/C13H28N2O3S/c1-11(2)14-7-10-19(16,17)15(8-9-18-4)12(3)13-5-6-13/h11-14H,5-10H2,1-4H3. The number of sulfonamides is 1. The van der Waals surface area contributed by atoms with Crippen LogP contribution in [-0.2, 0) is 14.8 Å². The number of rotatable bonds is 10. The van der Waals surface area contributed by atoms with Gasteiger partial charge in [-0.2, -0.15) is 4.31 Å². The van der Waals surface area contributed by atoms with E-state index >= 15 is 0 Å². The summed E-state index contributed by atoms with van der Waals surface area (Å²) in [4.78, 5) is 0. The van der Waals surface area contributed by atoms with Crippen LogP contribution in [0.2, 0.25) is 0 Å². The number of methoxy groups -OCH3 is 1. The second-order valence-corrected chi connectivity index (χ2v) is 7.65. The first-order valence-electron chi connectivity index (χ1n) is 7.10. The van der Waals surface area contributed by atoms with Crippen LogP contribution < -0.4 is 5.32 Å². The third-order valence-corrected chi connectivity index (χ3v) is 5.49. The van der Waals surface area contributed by atoms with Crippen molar-refractivity contribution in [3.05, 3.63) is 0 Å². The molecule has 1 aliphatic carbocycles. The van der Waals surface area contributed by atoms with E-state index in [9.17, 15) is 8.42 Å². The molecule has 5 nitrogen and oxygen atoms in total. The van der Waals surface area contributed by atoms with Gasteiger partial charge in [0.2, 0.25) is 10.0 Å². The van der Waals surface area contributed by atoms with Crippen LogP contribution in [0.5, 0.6) is 0 Å². The Hall–Kier alpha value is -0.170. The van der Waals surface area contributed by atoms with E-state index < -0.39 is 10.0 Å². The number of hydrogen-bond acceptors (Lipinski definition) is 4. The quantitative estimate of drug-likeness (QED) is 0.654. The Morgan fingerprint density at radius 1 is 1.32 bits per heavy atom. The van der Waals surface area contributed by atoms with Crippen LogP contribution in [-0.4, -0.2) is 57.4 Å². The van der Waals surface area contributed by atoms with Crippen LogP contribution in [0.1, 0.15) is 33.6 Å². The van der Waals surface area contributed by atoms with E-state index in [1.165, 1.54) is 0 Å². The van der Waals surface area contributed by atoms with Crippen LogP contribution in [0, 0.1) is 5.92 Å². The van der Waals surface area contributed by atoms with E-state index in [2.05, 4.69) is 5.32 Å². The Bertz CT molecular complexity index is 353. The van der Waals surface area contributed by atoms with Crippen molar-refractivity contribution in [2.45, 2.75) is 45.7 Å². The SMILES string of the molecule is COCCN(C(C)C1CC1)S(=O)(=O)CCNC(C)C. The van der Waals surface area contributed by atoms with Crippen LogP contribution in [0.3, 0.4) is 0 Å². The minimum atomic E-state index is -3.20. The highest BCUT2D eigenvalue weighted by Gasteiger charge is 2.37. The maximum Gasteiger partial charge on any atom is 0.215 e. The zero-order valence-corrected chi connectivity index (χ0v) is 13.4. The second kappa shape index (κ2) is 7.57. The molecule has 1 fully saturated rings. The molecule has 0 aliphatic heterocycles. The second-order valence-electron chi connectivity index (χ2n) is 5.61. The average molecular weight is 292 g/mol. The Morgan fingerprint density at radius 3 is 2.42 bits per heavy atom. The highest BCUT2D eigenvalue weighted by molar-refractivity contribution is 7.89. The van der Waals surface area contributed by atoms with Crippen molar-refractivity contribution >= 4 is 10.0 Å². The van der Waals surface area contributed by atoms with Crippen molar-refractivity contribution in [3.63, 3.8) is 0 Å². The van der Waals surface area contributed by atoms with Gasteiger partial charge in [0.25, 0.3) is 0 Å². The zero-order valence-electron chi connectivity index (χ0n) is 12.6. The van der Waals surface area contributed by atoms with Gasteiger partial charge in [-0.15, -0.1) is 0 Å². The van der Waals surface area contributed by atoms with Crippen molar-refractivity contribution in [2.24, 2.45) is 5.92 Å². The van der Waals surface area contributed by atoms with Crippen LogP contribution in [0.15, 0.2) is 0 Å². The fourth-order valence-corrected chi connectivity index (χ4v) is 3.83. The molecule has 0 bridgehead atoms. The largest absolute Gasteiger partial charge is 0.383 e. The molecule has 0 saturated heterocycles. The summed E-state index contributed by atoms with van der Waals surface area (Å²) in [5, 5.41) is 3.16. The van der Waals surface area contributed by atoms with Crippen LogP contribution >= 0.6 is 0 Å². The minimum Gasteiger partial charge on any atom is -0.383 e. The maximum absolute atomic E-state index is 12.4. The highest BCUT2D eigenvalue weighted by Crippen LogP contribution is 2.36. The van der Waals surface area contributed by atoms with Crippen LogP contribution in [0.4, 0.5) is 0 Å². The van der Waals surface area contributed by atoms with Gasteiger partial charge in [0.1, 0.15) is 0 Å². The molecular weight excluding hydrogens is 264 g/mol. The molecule has 1 atom stereocenters. The summed E-state index contributed by atoms with van der Waals surface area (Å²) in [5.41, 5.74) is 0. The lowest BCUT2D eigenvalue weighted by Gasteiger charge is -2.28. The molecule has 0 radical (unpaired) electrons. The monoisotopic (exact) mass is 292 g/mol. The Kier molecular flexibility index (Phi) is 6.73. The summed E-state index contributed by atoms with van der Waals surface area (Å²) in [6.07, 6.45) is 2.29. The van der Waals surface area contributed by atoms with Gasteiger partial charge in [0.05, 0.1) is 12.4 Å². The predicted molar refractivity (Wildman–Crippen MR) is 77.7 cm³/mol.